The maximum absolute atomic E-state index is 10.7. The Labute approximate surface area is 83.8 Å². The molecule has 0 radical (unpaired) electrons. The molecule has 0 aromatic heterocycles. The summed E-state index contributed by atoms with van der Waals surface area (Å²) in [6.07, 6.45) is 1.52. The highest BCUT2D eigenvalue weighted by atomic mass is 32.2. The van der Waals surface area contributed by atoms with Crippen LogP contribution in [0.15, 0.2) is 43.0 Å². The molecule has 0 bridgehead atoms. The molecule has 0 aliphatic rings. The fourth-order valence-electron chi connectivity index (χ4n) is 1.23. The molecule has 4 heteroatoms. The van der Waals surface area contributed by atoms with Gasteiger partial charge in [0.25, 0.3) is 10.1 Å². The van der Waals surface area contributed by atoms with E-state index in [9.17, 15) is 8.42 Å². The van der Waals surface area contributed by atoms with Crippen molar-refractivity contribution in [2.75, 3.05) is 5.75 Å². The summed E-state index contributed by atoms with van der Waals surface area (Å²) in [6, 6.07) is 9.08. The zero-order chi connectivity index (χ0) is 10.6. The lowest BCUT2D eigenvalue weighted by Crippen LogP contribution is -2.11. The predicted molar refractivity (Wildman–Crippen MR) is 55.8 cm³/mol. The van der Waals surface area contributed by atoms with E-state index in [2.05, 4.69) is 6.58 Å². The Morgan fingerprint density at radius 1 is 1.36 bits per heavy atom. The van der Waals surface area contributed by atoms with Crippen LogP contribution in [0.1, 0.15) is 11.5 Å². The monoisotopic (exact) mass is 212 g/mol. The molecule has 0 aliphatic carbocycles. The van der Waals surface area contributed by atoms with Gasteiger partial charge in [-0.2, -0.15) is 8.42 Å². The zero-order valence-corrected chi connectivity index (χ0v) is 8.44. The molecule has 1 aromatic carbocycles. The average molecular weight is 212 g/mol. The zero-order valence-electron chi connectivity index (χ0n) is 7.63. The summed E-state index contributed by atoms with van der Waals surface area (Å²) in [6.45, 7) is 3.55. The summed E-state index contributed by atoms with van der Waals surface area (Å²) >= 11 is 0. The van der Waals surface area contributed by atoms with Gasteiger partial charge in [0.2, 0.25) is 0 Å². The lowest BCUT2D eigenvalue weighted by atomic mass is 10.0. The van der Waals surface area contributed by atoms with Crippen molar-refractivity contribution in [3.05, 3.63) is 48.6 Å². The van der Waals surface area contributed by atoms with Crippen LogP contribution in [0, 0.1) is 0 Å². The molecule has 1 unspecified atom stereocenters. The van der Waals surface area contributed by atoms with Gasteiger partial charge in [0, 0.05) is 5.92 Å². The Kier molecular flexibility index (Phi) is 3.43. The molecule has 3 nitrogen and oxygen atoms in total. The second-order valence-electron chi connectivity index (χ2n) is 3.00. The van der Waals surface area contributed by atoms with E-state index in [4.69, 9.17) is 4.55 Å². The van der Waals surface area contributed by atoms with Gasteiger partial charge in [-0.05, 0) is 5.56 Å². The van der Waals surface area contributed by atoms with Crippen LogP contribution in [-0.4, -0.2) is 18.7 Å². The van der Waals surface area contributed by atoms with Crippen LogP contribution in [0.5, 0.6) is 0 Å². The third-order valence-electron chi connectivity index (χ3n) is 1.90. The summed E-state index contributed by atoms with van der Waals surface area (Å²) in [7, 11) is -3.95. The van der Waals surface area contributed by atoms with Crippen molar-refractivity contribution in [1.29, 1.82) is 0 Å². The third kappa shape index (κ3) is 3.32. The van der Waals surface area contributed by atoms with Gasteiger partial charge in [0.05, 0.1) is 5.75 Å². The lowest BCUT2D eigenvalue weighted by Gasteiger charge is -2.10. The third-order valence-corrected chi connectivity index (χ3v) is 2.68. The molecule has 14 heavy (non-hydrogen) atoms. The summed E-state index contributed by atoms with van der Waals surface area (Å²) < 4.78 is 30.1. The number of benzene rings is 1. The first-order valence-corrected chi connectivity index (χ1v) is 5.76. The second-order valence-corrected chi connectivity index (χ2v) is 4.50. The fourth-order valence-corrected chi connectivity index (χ4v) is 2.01. The van der Waals surface area contributed by atoms with Gasteiger partial charge >= 0.3 is 0 Å². The van der Waals surface area contributed by atoms with E-state index >= 15 is 0 Å². The minimum absolute atomic E-state index is 0.319. The van der Waals surface area contributed by atoms with Crippen LogP contribution >= 0.6 is 0 Å². The van der Waals surface area contributed by atoms with Gasteiger partial charge in [-0.3, -0.25) is 4.55 Å². The summed E-state index contributed by atoms with van der Waals surface area (Å²) in [5.41, 5.74) is 0.833. The van der Waals surface area contributed by atoms with Crippen molar-refractivity contribution in [3.63, 3.8) is 0 Å². The van der Waals surface area contributed by atoms with Crippen molar-refractivity contribution < 1.29 is 13.0 Å². The quantitative estimate of drug-likeness (QED) is 0.612. The molecule has 0 saturated carbocycles. The summed E-state index contributed by atoms with van der Waals surface area (Å²) in [5.74, 6) is -0.674. The van der Waals surface area contributed by atoms with Gasteiger partial charge in [0.15, 0.2) is 0 Å². The Morgan fingerprint density at radius 3 is 2.36 bits per heavy atom. The number of hydrogen-bond acceptors (Lipinski definition) is 2. The molecule has 1 atom stereocenters. The van der Waals surface area contributed by atoms with Gasteiger partial charge in [-0.15, -0.1) is 6.58 Å². The van der Waals surface area contributed by atoms with Crippen LogP contribution in [-0.2, 0) is 10.1 Å². The Hall–Kier alpha value is -1.13. The van der Waals surface area contributed by atoms with Crippen molar-refractivity contribution >= 4 is 10.1 Å². The minimum Gasteiger partial charge on any atom is -0.286 e. The van der Waals surface area contributed by atoms with E-state index in [1.165, 1.54) is 6.08 Å². The van der Waals surface area contributed by atoms with E-state index in [-0.39, 0.29) is 11.7 Å². The van der Waals surface area contributed by atoms with Crippen LogP contribution < -0.4 is 0 Å². The van der Waals surface area contributed by atoms with Crippen molar-refractivity contribution in [3.8, 4) is 0 Å². The van der Waals surface area contributed by atoms with Crippen LogP contribution in [0.4, 0.5) is 0 Å². The second kappa shape index (κ2) is 4.39. The molecule has 1 N–H and O–H groups in total. The molecule has 0 saturated heterocycles. The van der Waals surface area contributed by atoms with E-state index in [0.717, 1.165) is 5.56 Å². The van der Waals surface area contributed by atoms with Crippen LogP contribution in [0.3, 0.4) is 0 Å². The molecule has 0 heterocycles. The highest BCUT2D eigenvalue weighted by Crippen LogP contribution is 2.17. The lowest BCUT2D eigenvalue weighted by molar-refractivity contribution is 0.480. The molecule has 0 aliphatic heterocycles. The normalized spacial score (nSPS) is 13.5. The van der Waals surface area contributed by atoms with Gasteiger partial charge in [0.1, 0.15) is 0 Å². The summed E-state index contributed by atoms with van der Waals surface area (Å²) in [5, 5.41) is 0. The number of allylic oxidation sites excluding steroid dienone is 1. The smallest absolute Gasteiger partial charge is 0.265 e. The first-order chi connectivity index (χ1) is 6.53. The van der Waals surface area contributed by atoms with Crippen molar-refractivity contribution in [2.45, 2.75) is 5.92 Å². The molecular formula is C10H12O3S. The maximum Gasteiger partial charge on any atom is 0.265 e. The van der Waals surface area contributed by atoms with Gasteiger partial charge in [-0.1, -0.05) is 36.4 Å². The Morgan fingerprint density at radius 2 is 1.93 bits per heavy atom. The van der Waals surface area contributed by atoms with E-state index in [1.807, 2.05) is 18.2 Å². The Bertz CT molecular complexity index is 395. The molecule has 76 valence electrons. The fraction of sp³-hybridized carbons (Fsp3) is 0.200. The summed E-state index contributed by atoms with van der Waals surface area (Å²) in [4.78, 5) is 0. The topological polar surface area (TPSA) is 54.4 Å². The molecule has 0 amide bonds. The standard InChI is InChI=1S/C10H12O3S/c1-2-9(8-14(11,12)13)10-6-4-3-5-7-10/h2-7,9H,1,8H2,(H,11,12,13). The van der Waals surface area contributed by atoms with Gasteiger partial charge < -0.3 is 0 Å². The predicted octanol–water partition coefficient (Wildman–Crippen LogP) is 1.84. The molecule has 0 fully saturated rings. The van der Waals surface area contributed by atoms with E-state index in [0.29, 0.717) is 0 Å². The molecular weight excluding hydrogens is 200 g/mol. The largest absolute Gasteiger partial charge is 0.286 e. The first-order valence-electron chi connectivity index (χ1n) is 4.15. The SMILES string of the molecule is C=CC(CS(=O)(=O)O)c1ccccc1. The average Bonchev–Trinajstić information content (AvgIpc) is 2.14. The number of hydrogen-bond donors (Lipinski definition) is 1. The molecule has 1 aromatic rings. The van der Waals surface area contributed by atoms with E-state index < -0.39 is 10.1 Å². The van der Waals surface area contributed by atoms with Crippen LogP contribution in [0.25, 0.3) is 0 Å². The van der Waals surface area contributed by atoms with Gasteiger partial charge in [-0.25, -0.2) is 0 Å². The molecule has 0 spiro atoms. The van der Waals surface area contributed by atoms with Crippen molar-refractivity contribution in [2.24, 2.45) is 0 Å². The van der Waals surface area contributed by atoms with Crippen LogP contribution in [0.2, 0.25) is 0 Å². The minimum atomic E-state index is -3.95. The highest BCUT2D eigenvalue weighted by Gasteiger charge is 2.15. The highest BCUT2D eigenvalue weighted by molar-refractivity contribution is 7.85. The van der Waals surface area contributed by atoms with Crippen molar-refractivity contribution in [1.82, 2.24) is 0 Å². The Balaban J connectivity index is 2.89. The first kappa shape index (κ1) is 10.9. The number of rotatable bonds is 4. The maximum atomic E-state index is 10.7. The van der Waals surface area contributed by atoms with E-state index in [1.54, 1.807) is 12.1 Å². The molecule has 1 rings (SSSR count).